The van der Waals surface area contributed by atoms with Crippen LogP contribution >= 0.6 is 12.2 Å². The molecule has 1 aromatic carbocycles. The van der Waals surface area contributed by atoms with Crippen LogP contribution in [-0.4, -0.2) is 16.7 Å². The molecule has 0 radical (unpaired) electrons. The molecule has 1 N–H and O–H groups in total. The average molecular weight is 250 g/mol. The molecule has 90 valence electrons. The predicted molar refractivity (Wildman–Crippen MR) is 70.4 cm³/mol. The molecule has 0 unspecified atom stereocenters. The average Bonchev–Trinajstić information content (AvgIpc) is 2.29. The molecule has 0 aliphatic heterocycles. The number of hydrogen-bond donors (Lipinski definition) is 1. The third-order valence-corrected chi connectivity index (χ3v) is 3.17. The zero-order valence-corrected chi connectivity index (χ0v) is 10.9. The van der Waals surface area contributed by atoms with Crippen LogP contribution in [0.3, 0.4) is 0 Å². The SMILES string of the molecule is CCn1c(=S)[nH]c2c(OC)ccc(C)c2c1=O. The summed E-state index contributed by atoms with van der Waals surface area (Å²) in [6.07, 6.45) is 0. The molecule has 0 aliphatic rings. The fourth-order valence-corrected chi connectivity index (χ4v) is 2.26. The van der Waals surface area contributed by atoms with Crippen LogP contribution in [-0.2, 0) is 6.54 Å². The number of nitrogens with zero attached hydrogens (tertiary/aromatic N) is 1. The van der Waals surface area contributed by atoms with Gasteiger partial charge in [-0.25, -0.2) is 0 Å². The van der Waals surface area contributed by atoms with E-state index in [9.17, 15) is 4.79 Å². The van der Waals surface area contributed by atoms with Crippen LogP contribution in [0.25, 0.3) is 10.9 Å². The summed E-state index contributed by atoms with van der Waals surface area (Å²) in [7, 11) is 1.58. The summed E-state index contributed by atoms with van der Waals surface area (Å²) in [5.74, 6) is 0.636. The number of rotatable bonds is 2. The molecule has 4 nitrogen and oxygen atoms in total. The quantitative estimate of drug-likeness (QED) is 0.832. The van der Waals surface area contributed by atoms with Gasteiger partial charge >= 0.3 is 0 Å². The first kappa shape index (κ1) is 11.9. The van der Waals surface area contributed by atoms with Gasteiger partial charge < -0.3 is 9.72 Å². The smallest absolute Gasteiger partial charge is 0.262 e. The first-order valence-electron chi connectivity index (χ1n) is 5.40. The first-order valence-corrected chi connectivity index (χ1v) is 5.81. The maximum absolute atomic E-state index is 12.3. The number of hydrogen-bond acceptors (Lipinski definition) is 3. The van der Waals surface area contributed by atoms with Gasteiger partial charge in [-0.15, -0.1) is 0 Å². The number of aryl methyl sites for hydroxylation is 1. The lowest BCUT2D eigenvalue weighted by atomic mass is 10.1. The molecular weight excluding hydrogens is 236 g/mol. The number of fused-ring (bicyclic) bond motifs is 1. The molecule has 0 fully saturated rings. The Morgan fingerprint density at radius 1 is 1.47 bits per heavy atom. The largest absolute Gasteiger partial charge is 0.495 e. The van der Waals surface area contributed by atoms with Gasteiger partial charge in [0.15, 0.2) is 4.77 Å². The van der Waals surface area contributed by atoms with Crippen molar-refractivity contribution >= 4 is 23.1 Å². The Bertz CT molecular complexity index is 685. The number of H-pyrrole nitrogens is 1. The number of ether oxygens (including phenoxy) is 1. The molecule has 17 heavy (non-hydrogen) atoms. The van der Waals surface area contributed by atoms with Crippen LogP contribution in [0.4, 0.5) is 0 Å². The number of nitrogens with one attached hydrogen (secondary N) is 1. The molecule has 1 aromatic heterocycles. The van der Waals surface area contributed by atoms with Crippen molar-refractivity contribution in [3.63, 3.8) is 0 Å². The molecule has 5 heteroatoms. The van der Waals surface area contributed by atoms with Crippen molar-refractivity contribution in [2.24, 2.45) is 0 Å². The Morgan fingerprint density at radius 3 is 2.76 bits per heavy atom. The minimum absolute atomic E-state index is 0.0670. The Labute approximate surface area is 104 Å². The standard InChI is InChI=1S/C12H14N2O2S/c1-4-14-11(15)9-7(2)5-6-8(16-3)10(9)13-12(14)17/h5-6H,4H2,1-3H3,(H,13,17). The van der Waals surface area contributed by atoms with Crippen LogP contribution in [0.5, 0.6) is 5.75 Å². The zero-order valence-electron chi connectivity index (χ0n) is 10.0. The summed E-state index contributed by atoms with van der Waals surface area (Å²) in [6, 6.07) is 3.71. The van der Waals surface area contributed by atoms with E-state index < -0.39 is 0 Å². The maximum atomic E-state index is 12.3. The van der Waals surface area contributed by atoms with Gasteiger partial charge in [0, 0.05) is 6.54 Å². The van der Waals surface area contributed by atoms with E-state index in [1.807, 2.05) is 26.0 Å². The molecular formula is C12H14N2O2S. The minimum atomic E-state index is -0.0670. The van der Waals surface area contributed by atoms with Crippen LogP contribution in [0.1, 0.15) is 12.5 Å². The molecule has 0 saturated carbocycles. The van der Waals surface area contributed by atoms with E-state index in [-0.39, 0.29) is 5.56 Å². The fourth-order valence-electron chi connectivity index (χ4n) is 1.95. The summed E-state index contributed by atoms with van der Waals surface area (Å²) in [5.41, 5.74) is 1.52. The van der Waals surface area contributed by atoms with E-state index in [0.717, 1.165) is 5.56 Å². The summed E-state index contributed by atoms with van der Waals surface area (Å²) in [5, 5.41) is 0.639. The lowest BCUT2D eigenvalue weighted by Crippen LogP contribution is -2.22. The molecule has 0 amide bonds. The van der Waals surface area contributed by atoms with Crippen molar-refractivity contribution in [3.8, 4) is 5.75 Å². The Hall–Kier alpha value is -1.62. The highest BCUT2D eigenvalue weighted by Gasteiger charge is 2.10. The molecule has 1 heterocycles. The Morgan fingerprint density at radius 2 is 2.18 bits per heavy atom. The molecule has 0 spiro atoms. The second kappa shape index (κ2) is 4.33. The fraction of sp³-hybridized carbons (Fsp3) is 0.333. The van der Waals surface area contributed by atoms with Gasteiger partial charge in [-0.05, 0) is 37.7 Å². The van der Waals surface area contributed by atoms with Crippen LogP contribution < -0.4 is 10.3 Å². The van der Waals surface area contributed by atoms with Crippen LogP contribution in [0.15, 0.2) is 16.9 Å². The third-order valence-electron chi connectivity index (χ3n) is 2.85. The second-order valence-electron chi connectivity index (χ2n) is 3.81. The summed E-state index contributed by atoms with van der Waals surface area (Å²) < 4.78 is 7.21. The van der Waals surface area contributed by atoms with Crippen molar-refractivity contribution in [2.45, 2.75) is 20.4 Å². The maximum Gasteiger partial charge on any atom is 0.262 e. The van der Waals surface area contributed by atoms with Gasteiger partial charge in [0.05, 0.1) is 18.0 Å². The molecule has 2 aromatic rings. The van der Waals surface area contributed by atoms with Gasteiger partial charge in [-0.2, -0.15) is 0 Å². The summed E-state index contributed by atoms with van der Waals surface area (Å²) in [6.45, 7) is 4.35. The molecule has 2 rings (SSSR count). The van der Waals surface area contributed by atoms with E-state index in [4.69, 9.17) is 17.0 Å². The van der Waals surface area contributed by atoms with Crippen LogP contribution in [0, 0.1) is 11.7 Å². The van der Waals surface area contributed by atoms with Crippen molar-refractivity contribution in [1.82, 2.24) is 9.55 Å². The van der Waals surface area contributed by atoms with Crippen molar-refractivity contribution in [3.05, 3.63) is 32.8 Å². The molecule has 0 atom stereocenters. The Balaban J connectivity index is 3.06. The number of aromatic nitrogens is 2. The summed E-state index contributed by atoms with van der Waals surface area (Å²) >= 11 is 5.17. The molecule has 0 aliphatic carbocycles. The lowest BCUT2D eigenvalue weighted by Gasteiger charge is -2.10. The normalized spacial score (nSPS) is 10.8. The lowest BCUT2D eigenvalue weighted by molar-refractivity contribution is 0.418. The van der Waals surface area contributed by atoms with E-state index in [2.05, 4.69) is 4.98 Å². The van der Waals surface area contributed by atoms with E-state index in [1.165, 1.54) is 0 Å². The summed E-state index contributed by atoms with van der Waals surface area (Å²) in [4.78, 5) is 15.4. The number of methoxy groups -OCH3 is 1. The van der Waals surface area contributed by atoms with Gasteiger partial charge in [0.25, 0.3) is 5.56 Å². The van der Waals surface area contributed by atoms with E-state index in [1.54, 1.807) is 11.7 Å². The van der Waals surface area contributed by atoms with Gasteiger partial charge in [0.1, 0.15) is 5.75 Å². The van der Waals surface area contributed by atoms with Gasteiger partial charge in [-0.1, -0.05) is 6.07 Å². The van der Waals surface area contributed by atoms with E-state index in [0.29, 0.717) is 28.0 Å². The second-order valence-corrected chi connectivity index (χ2v) is 4.20. The van der Waals surface area contributed by atoms with Crippen LogP contribution in [0.2, 0.25) is 0 Å². The number of aromatic amines is 1. The van der Waals surface area contributed by atoms with Crippen molar-refractivity contribution in [1.29, 1.82) is 0 Å². The van der Waals surface area contributed by atoms with Crippen molar-refractivity contribution < 1.29 is 4.74 Å². The topological polar surface area (TPSA) is 47.0 Å². The molecule has 0 bridgehead atoms. The highest BCUT2D eigenvalue weighted by molar-refractivity contribution is 7.71. The number of benzene rings is 1. The predicted octanol–water partition coefficient (Wildman–Crippen LogP) is 2.40. The monoisotopic (exact) mass is 250 g/mol. The first-order chi connectivity index (χ1) is 8.10. The minimum Gasteiger partial charge on any atom is -0.495 e. The third kappa shape index (κ3) is 1.76. The highest BCUT2D eigenvalue weighted by Crippen LogP contribution is 2.23. The van der Waals surface area contributed by atoms with Gasteiger partial charge in [0.2, 0.25) is 0 Å². The van der Waals surface area contributed by atoms with E-state index >= 15 is 0 Å². The van der Waals surface area contributed by atoms with Gasteiger partial charge in [-0.3, -0.25) is 9.36 Å². The Kier molecular flexibility index (Phi) is 3.02. The molecule has 0 saturated heterocycles. The van der Waals surface area contributed by atoms with Crippen molar-refractivity contribution in [2.75, 3.05) is 7.11 Å². The highest BCUT2D eigenvalue weighted by atomic mass is 32.1. The zero-order chi connectivity index (χ0) is 12.6.